The highest BCUT2D eigenvalue weighted by atomic mass is 16.5. The van der Waals surface area contributed by atoms with E-state index < -0.39 is 0 Å². The van der Waals surface area contributed by atoms with Gasteiger partial charge in [-0.25, -0.2) is 0 Å². The Morgan fingerprint density at radius 2 is 2.16 bits per heavy atom. The molecule has 0 radical (unpaired) electrons. The van der Waals surface area contributed by atoms with Crippen LogP contribution in [0.1, 0.15) is 51.7 Å². The van der Waals surface area contributed by atoms with Crippen LogP contribution in [0.3, 0.4) is 0 Å². The number of likely N-dealkylation sites (N-methyl/N-ethyl adjacent to an activating group) is 1. The van der Waals surface area contributed by atoms with Crippen molar-refractivity contribution in [2.45, 2.75) is 58.0 Å². The van der Waals surface area contributed by atoms with Crippen LogP contribution >= 0.6 is 0 Å². The lowest BCUT2D eigenvalue weighted by Gasteiger charge is -2.27. The van der Waals surface area contributed by atoms with Crippen molar-refractivity contribution >= 4 is 0 Å². The van der Waals surface area contributed by atoms with E-state index in [1.807, 2.05) is 0 Å². The summed E-state index contributed by atoms with van der Waals surface area (Å²) < 4.78 is 5.33. The summed E-state index contributed by atoms with van der Waals surface area (Å²) in [6, 6.07) is 0.601. The summed E-state index contributed by atoms with van der Waals surface area (Å²) in [7, 11) is 2.11. The van der Waals surface area contributed by atoms with Gasteiger partial charge in [-0.2, -0.15) is 4.98 Å². The largest absolute Gasteiger partial charge is 0.338 e. The Labute approximate surface area is 115 Å². The van der Waals surface area contributed by atoms with Gasteiger partial charge in [0.25, 0.3) is 0 Å². The zero-order chi connectivity index (χ0) is 13.9. The first-order chi connectivity index (χ1) is 8.95. The Balaban J connectivity index is 1.84. The molecule has 1 N–H and O–H groups in total. The molecule has 1 unspecified atom stereocenters. The standard InChI is InChI=1S/C14H26N4O/c1-14(2,3)13-16-12(19-17-13)10-18(4)9-11-7-5-6-8-15-11/h11,15H,5-10H2,1-4H3. The number of hydrogen-bond donors (Lipinski definition) is 1. The predicted molar refractivity (Wildman–Crippen MR) is 75.0 cm³/mol. The summed E-state index contributed by atoms with van der Waals surface area (Å²) >= 11 is 0. The highest BCUT2D eigenvalue weighted by molar-refractivity contribution is 4.99. The first-order valence-corrected chi connectivity index (χ1v) is 7.20. The van der Waals surface area contributed by atoms with Gasteiger partial charge in [-0.3, -0.25) is 4.90 Å². The van der Waals surface area contributed by atoms with Gasteiger partial charge >= 0.3 is 0 Å². The summed E-state index contributed by atoms with van der Waals surface area (Å²) in [6.07, 6.45) is 3.90. The van der Waals surface area contributed by atoms with Crippen molar-refractivity contribution in [2.24, 2.45) is 0 Å². The lowest BCUT2D eigenvalue weighted by atomic mass is 9.96. The summed E-state index contributed by atoms with van der Waals surface area (Å²) in [5.41, 5.74) is -0.0504. The van der Waals surface area contributed by atoms with Crippen molar-refractivity contribution < 1.29 is 4.52 Å². The van der Waals surface area contributed by atoms with Gasteiger partial charge in [0.1, 0.15) is 0 Å². The quantitative estimate of drug-likeness (QED) is 0.902. The molecule has 1 fully saturated rings. The predicted octanol–water partition coefficient (Wildman–Crippen LogP) is 1.94. The minimum Gasteiger partial charge on any atom is -0.338 e. The second kappa shape index (κ2) is 6.01. The van der Waals surface area contributed by atoms with E-state index in [9.17, 15) is 0 Å². The lowest BCUT2D eigenvalue weighted by Crippen LogP contribution is -2.42. The Kier molecular flexibility index (Phi) is 4.58. The second-order valence-corrected chi connectivity index (χ2v) is 6.61. The molecule has 0 spiro atoms. The van der Waals surface area contributed by atoms with Gasteiger partial charge in [-0.15, -0.1) is 0 Å². The number of rotatable bonds is 4. The van der Waals surface area contributed by atoms with Gasteiger partial charge in [0.15, 0.2) is 5.82 Å². The molecule has 5 nitrogen and oxygen atoms in total. The third-order valence-electron chi connectivity index (χ3n) is 3.49. The lowest BCUT2D eigenvalue weighted by molar-refractivity contribution is 0.227. The molecule has 0 aliphatic carbocycles. The average molecular weight is 266 g/mol. The van der Waals surface area contributed by atoms with Crippen LogP contribution in [0.25, 0.3) is 0 Å². The molecule has 0 saturated carbocycles. The highest BCUT2D eigenvalue weighted by Crippen LogP contribution is 2.18. The first kappa shape index (κ1) is 14.5. The van der Waals surface area contributed by atoms with Gasteiger partial charge in [0.2, 0.25) is 5.89 Å². The molecule has 19 heavy (non-hydrogen) atoms. The van der Waals surface area contributed by atoms with Gasteiger partial charge < -0.3 is 9.84 Å². The molecule has 1 aliphatic heterocycles. The maximum Gasteiger partial charge on any atom is 0.240 e. The Morgan fingerprint density at radius 3 is 2.74 bits per heavy atom. The third-order valence-corrected chi connectivity index (χ3v) is 3.49. The van der Waals surface area contributed by atoms with E-state index >= 15 is 0 Å². The normalized spacial score (nSPS) is 21.0. The van der Waals surface area contributed by atoms with E-state index in [0.29, 0.717) is 11.9 Å². The first-order valence-electron chi connectivity index (χ1n) is 7.20. The van der Waals surface area contributed by atoms with Crippen molar-refractivity contribution in [3.05, 3.63) is 11.7 Å². The molecule has 0 amide bonds. The van der Waals surface area contributed by atoms with Gasteiger partial charge in [-0.05, 0) is 26.4 Å². The van der Waals surface area contributed by atoms with Crippen molar-refractivity contribution in [2.75, 3.05) is 20.1 Å². The molecule has 5 heteroatoms. The smallest absolute Gasteiger partial charge is 0.240 e. The molecular weight excluding hydrogens is 240 g/mol. The van der Waals surface area contributed by atoms with Crippen LogP contribution in [-0.4, -0.2) is 41.2 Å². The minimum absolute atomic E-state index is 0.0504. The molecule has 1 aliphatic rings. The van der Waals surface area contributed by atoms with Crippen molar-refractivity contribution in [3.8, 4) is 0 Å². The molecule has 2 heterocycles. The number of piperidine rings is 1. The summed E-state index contributed by atoms with van der Waals surface area (Å²) in [5.74, 6) is 1.50. The van der Waals surface area contributed by atoms with Gasteiger partial charge in [0.05, 0.1) is 6.54 Å². The van der Waals surface area contributed by atoms with Crippen LogP contribution < -0.4 is 5.32 Å². The number of hydrogen-bond acceptors (Lipinski definition) is 5. The fraction of sp³-hybridized carbons (Fsp3) is 0.857. The van der Waals surface area contributed by atoms with Gasteiger partial charge in [-0.1, -0.05) is 32.3 Å². The molecule has 1 aromatic heterocycles. The van der Waals surface area contributed by atoms with Crippen LogP contribution in [-0.2, 0) is 12.0 Å². The minimum atomic E-state index is -0.0504. The van der Waals surface area contributed by atoms with E-state index in [0.717, 1.165) is 25.5 Å². The van der Waals surface area contributed by atoms with Crippen molar-refractivity contribution in [1.29, 1.82) is 0 Å². The monoisotopic (exact) mass is 266 g/mol. The third kappa shape index (κ3) is 4.28. The van der Waals surface area contributed by atoms with Crippen molar-refractivity contribution in [3.63, 3.8) is 0 Å². The molecule has 1 atom stereocenters. The summed E-state index contributed by atoms with van der Waals surface area (Å²) in [6.45, 7) is 9.19. The number of aromatic nitrogens is 2. The topological polar surface area (TPSA) is 54.2 Å². The fourth-order valence-corrected chi connectivity index (χ4v) is 2.38. The maximum atomic E-state index is 5.33. The molecule has 0 aromatic carbocycles. The molecule has 0 bridgehead atoms. The molecule has 2 rings (SSSR count). The summed E-state index contributed by atoms with van der Waals surface area (Å²) in [4.78, 5) is 6.73. The Morgan fingerprint density at radius 1 is 1.37 bits per heavy atom. The number of nitrogens with zero attached hydrogens (tertiary/aromatic N) is 3. The van der Waals surface area contributed by atoms with E-state index in [-0.39, 0.29) is 5.41 Å². The van der Waals surface area contributed by atoms with Crippen LogP contribution in [0.5, 0.6) is 0 Å². The van der Waals surface area contributed by atoms with E-state index in [1.54, 1.807) is 0 Å². The molecule has 1 saturated heterocycles. The van der Waals surface area contributed by atoms with Crippen LogP contribution in [0, 0.1) is 0 Å². The SMILES string of the molecule is CN(Cc1nc(C(C)(C)C)no1)CC1CCCCN1. The zero-order valence-corrected chi connectivity index (χ0v) is 12.6. The van der Waals surface area contributed by atoms with E-state index in [4.69, 9.17) is 4.52 Å². The van der Waals surface area contributed by atoms with Crippen LogP contribution in [0.15, 0.2) is 4.52 Å². The van der Waals surface area contributed by atoms with E-state index in [1.165, 1.54) is 19.3 Å². The Bertz CT molecular complexity index is 390. The fourth-order valence-electron chi connectivity index (χ4n) is 2.38. The van der Waals surface area contributed by atoms with E-state index in [2.05, 4.69) is 48.2 Å². The summed E-state index contributed by atoms with van der Waals surface area (Å²) in [5, 5.41) is 7.62. The average Bonchev–Trinajstić information content (AvgIpc) is 2.78. The van der Waals surface area contributed by atoms with Crippen molar-refractivity contribution in [1.82, 2.24) is 20.4 Å². The maximum absolute atomic E-state index is 5.33. The number of nitrogens with one attached hydrogen (secondary N) is 1. The Hall–Kier alpha value is -0.940. The van der Waals surface area contributed by atoms with Crippen LogP contribution in [0.4, 0.5) is 0 Å². The zero-order valence-electron chi connectivity index (χ0n) is 12.6. The molecule has 108 valence electrons. The highest BCUT2D eigenvalue weighted by Gasteiger charge is 2.22. The molecule has 1 aromatic rings. The molecular formula is C14H26N4O. The van der Waals surface area contributed by atoms with Gasteiger partial charge in [0, 0.05) is 18.0 Å². The second-order valence-electron chi connectivity index (χ2n) is 6.61. The van der Waals surface area contributed by atoms with Crippen LogP contribution in [0.2, 0.25) is 0 Å².